The zero-order chi connectivity index (χ0) is 33.5. The van der Waals surface area contributed by atoms with Gasteiger partial charge in [0.05, 0.1) is 11.3 Å². The molecule has 2 fully saturated rings. The number of pyridine rings is 2. The number of nitrogens with zero attached hydrogens (tertiary/aromatic N) is 7. The van der Waals surface area contributed by atoms with Gasteiger partial charge >= 0.3 is 0 Å². The molecule has 3 aromatic heterocycles. The van der Waals surface area contributed by atoms with Gasteiger partial charge in [0.25, 0.3) is 11.8 Å². The topological polar surface area (TPSA) is 119 Å². The Morgan fingerprint density at radius 1 is 0.896 bits per heavy atom. The number of likely N-dealkylation sites (tertiary alicyclic amines) is 1. The minimum absolute atomic E-state index is 0.128. The molecule has 0 aliphatic carbocycles. The van der Waals surface area contributed by atoms with Gasteiger partial charge in [-0.1, -0.05) is 23.7 Å². The van der Waals surface area contributed by atoms with Crippen molar-refractivity contribution in [3.63, 3.8) is 0 Å². The van der Waals surface area contributed by atoms with E-state index in [2.05, 4.69) is 20.3 Å². The highest BCUT2D eigenvalue weighted by atomic mass is 35.5. The normalized spacial score (nSPS) is 19.0. The van der Waals surface area contributed by atoms with Crippen LogP contribution in [0, 0.1) is 0 Å². The number of piperidine rings is 1. The molecule has 48 heavy (non-hydrogen) atoms. The Morgan fingerprint density at radius 2 is 1.60 bits per heavy atom. The van der Waals surface area contributed by atoms with Gasteiger partial charge in [-0.15, -0.1) is 5.10 Å². The summed E-state index contributed by atoms with van der Waals surface area (Å²) in [6.07, 6.45) is 7.58. The first kappa shape index (κ1) is 31.6. The molecule has 1 unspecified atom stereocenters. The summed E-state index contributed by atoms with van der Waals surface area (Å²) in [6, 6.07) is 22.2. The number of hydrogen-bond donors (Lipinski definition) is 2. The zero-order valence-corrected chi connectivity index (χ0v) is 27.6. The largest absolute Gasteiger partial charge is 0.385 e. The van der Waals surface area contributed by atoms with Crippen molar-refractivity contribution >= 4 is 46.4 Å². The second kappa shape index (κ2) is 12.6. The van der Waals surface area contributed by atoms with Crippen LogP contribution in [0.25, 0.3) is 5.65 Å². The van der Waals surface area contributed by atoms with Crippen LogP contribution in [0.4, 0.5) is 17.3 Å². The van der Waals surface area contributed by atoms with E-state index >= 15 is 0 Å². The molecule has 1 atom stereocenters. The molecule has 246 valence electrons. The average molecular weight is 665 g/mol. The number of amides is 2. The van der Waals surface area contributed by atoms with Crippen molar-refractivity contribution in [2.24, 2.45) is 0 Å². The SMILES string of the molecule is CN(C)C(=O)C1(c2ccncc2)CCCN1C(=O)c1ccc(Nc2nc3c(N4CCC(O)(c5ccc(Cl)cc5)CC4)cccn3n2)cc1. The highest BCUT2D eigenvalue weighted by Crippen LogP contribution is 2.41. The first-order chi connectivity index (χ1) is 23.2. The molecule has 5 heterocycles. The van der Waals surface area contributed by atoms with Gasteiger partial charge in [-0.3, -0.25) is 14.6 Å². The van der Waals surface area contributed by atoms with Crippen molar-refractivity contribution in [3.8, 4) is 0 Å². The Morgan fingerprint density at radius 3 is 2.29 bits per heavy atom. The number of rotatable bonds is 7. The molecular weight excluding hydrogens is 628 g/mol. The Bertz CT molecular complexity index is 1940. The van der Waals surface area contributed by atoms with Gasteiger partial charge in [0.2, 0.25) is 5.95 Å². The molecule has 2 saturated heterocycles. The minimum Gasteiger partial charge on any atom is -0.385 e. The van der Waals surface area contributed by atoms with Crippen molar-refractivity contribution in [3.05, 3.63) is 113 Å². The van der Waals surface area contributed by atoms with Gasteiger partial charge in [-0.05, 0) is 97.5 Å². The molecule has 0 bridgehead atoms. The fourth-order valence-electron chi connectivity index (χ4n) is 7.08. The van der Waals surface area contributed by atoms with Gasteiger partial charge in [0.1, 0.15) is 5.54 Å². The standard InChI is InChI=1S/C36H37ClN8O3/c1-42(2)33(47)36(27-14-19-38-20-15-27)16-4-21-44(36)32(46)25-6-12-29(13-7-25)39-34-40-31-30(5-3-22-45(31)41-34)43-23-17-35(48,18-24-43)26-8-10-28(37)11-9-26/h3,5-15,19-20,22,48H,4,16-18,21,23-24H2,1-2H3,(H,39,41). The number of anilines is 3. The monoisotopic (exact) mass is 664 g/mol. The highest BCUT2D eigenvalue weighted by Gasteiger charge is 2.51. The van der Waals surface area contributed by atoms with E-state index < -0.39 is 11.1 Å². The number of hydrogen-bond acceptors (Lipinski definition) is 8. The van der Waals surface area contributed by atoms with Crippen LogP contribution in [-0.2, 0) is 15.9 Å². The van der Waals surface area contributed by atoms with E-state index in [1.54, 1.807) is 52.9 Å². The Balaban J connectivity index is 1.07. The molecule has 2 amide bonds. The van der Waals surface area contributed by atoms with Crippen LogP contribution in [0.5, 0.6) is 0 Å². The molecule has 2 N–H and O–H groups in total. The van der Waals surface area contributed by atoms with E-state index in [0.717, 1.165) is 28.9 Å². The maximum Gasteiger partial charge on any atom is 0.255 e. The van der Waals surface area contributed by atoms with Crippen molar-refractivity contribution in [1.82, 2.24) is 29.4 Å². The third kappa shape index (κ3) is 5.62. The number of nitrogens with one attached hydrogen (secondary N) is 1. The lowest BCUT2D eigenvalue weighted by atomic mass is 9.84. The number of benzene rings is 2. The van der Waals surface area contributed by atoms with Crippen LogP contribution in [0.3, 0.4) is 0 Å². The number of fused-ring (bicyclic) bond motifs is 1. The van der Waals surface area contributed by atoms with Gasteiger partial charge in [0, 0.05) is 68.6 Å². The smallest absolute Gasteiger partial charge is 0.255 e. The van der Waals surface area contributed by atoms with E-state index in [0.29, 0.717) is 61.1 Å². The zero-order valence-electron chi connectivity index (χ0n) is 26.9. The third-order valence-corrected chi connectivity index (χ3v) is 9.84. The summed E-state index contributed by atoms with van der Waals surface area (Å²) in [5.41, 5.74) is 2.51. The van der Waals surface area contributed by atoms with E-state index in [9.17, 15) is 14.7 Å². The summed E-state index contributed by atoms with van der Waals surface area (Å²) in [4.78, 5) is 42.0. The van der Waals surface area contributed by atoms with Gasteiger partial charge in [-0.2, -0.15) is 4.98 Å². The summed E-state index contributed by atoms with van der Waals surface area (Å²) in [5.74, 6) is 0.0898. The predicted octanol–water partition coefficient (Wildman–Crippen LogP) is 5.23. The highest BCUT2D eigenvalue weighted by molar-refractivity contribution is 6.30. The fourth-order valence-corrected chi connectivity index (χ4v) is 7.20. The van der Waals surface area contributed by atoms with Gasteiger partial charge in [0.15, 0.2) is 5.65 Å². The first-order valence-electron chi connectivity index (χ1n) is 16.1. The van der Waals surface area contributed by atoms with Crippen LogP contribution in [-0.4, -0.2) is 80.0 Å². The molecular formula is C36H37ClN8O3. The van der Waals surface area contributed by atoms with E-state index in [-0.39, 0.29) is 11.8 Å². The van der Waals surface area contributed by atoms with E-state index in [4.69, 9.17) is 16.6 Å². The van der Waals surface area contributed by atoms with Crippen molar-refractivity contribution < 1.29 is 14.7 Å². The molecule has 12 heteroatoms. The van der Waals surface area contributed by atoms with Crippen LogP contribution >= 0.6 is 11.6 Å². The molecule has 2 aliphatic heterocycles. The lowest BCUT2D eigenvalue weighted by Gasteiger charge is -2.39. The Labute approximate surface area is 283 Å². The molecule has 2 aliphatic rings. The van der Waals surface area contributed by atoms with E-state index in [1.165, 1.54) is 0 Å². The molecule has 11 nitrogen and oxygen atoms in total. The molecule has 0 saturated carbocycles. The number of aromatic nitrogens is 4. The maximum atomic E-state index is 13.9. The third-order valence-electron chi connectivity index (χ3n) is 9.59. The summed E-state index contributed by atoms with van der Waals surface area (Å²) >= 11 is 6.06. The van der Waals surface area contributed by atoms with Crippen LogP contribution in [0.2, 0.25) is 5.02 Å². The quantitative estimate of drug-likeness (QED) is 0.243. The molecule has 0 spiro atoms. The summed E-state index contributed by atoms with van der Waals surface area (Å²) < 4.78 is 1.74. The van der Waals surface area contributed by atoms with Crippen LogP contribution < -0.4 is 10.2 Å². The second-order valence-corrected chi connectivity index (χ2v) is 13.1. The maximum absolute atomic E-state index is 13.9. The number of carbonyl (C=O) groups excluding carboxylic acids is 2. The molecule has 5 aromatic rings. The van der Waals surface area contributed by atoms with Crippen LogP contribution in [0.1, 0.15) is 47.2 Å². The number of likely N-dealkylation sites (N-methyl/N-ethyl adjacent to an activating group) is 1. The first-order valence-corrected chi connectivity index (χ1v) is 16.5. The van der Waals surface area contributed by atoms with Crippen molar-refractivity contribution in [2.75, 3.05) is 43.9 Å². The summed E-state index contributed by atoms with van der Waals surface area (Å²) in [5, 5.41) is 19.9. The van der Waals surface area contributed by atoms with Crippen molar-refractivity contribution in [1.29, 1.82) is 0 Å². The minimum atomic E-state index is -1.08. The number of halogens is 1. The molecule has 0 radical (unpaired) electrons. The second-order valence-electron chi connectivity index (χ2n) is 12.7. The summed E-state index contributed by atoms with van der Waals surface area (Å²) in [6.45, 7) is 1.79. The van der Waals surface area contributed by atoms with E-state index in [1.807, 2.05) is 66.9 Å². The summed E-state index contributed by atoms with van der Waals surface area (Å²) in [7, 11) is 3.44. The fraction of sp³-hybridized carbons (Fsp3) is 0.306. The molecule has 7 rings (SSSR count). The number of carbonyl (C=O) groups is 2. The number of aliphatic hydroxyl groups is 1. The lowest BCUT2D eigenvalue weighted by Crippen LogP contribution is -2.54. The van der Waals surface area contributed by atoms with Gasteiger partial charge < -0.3 is 25.1 Å². The van der Waals surface area contributed by atoms with Gasteiger partial charge in [-0.25, -0.2) is 4.52 Å². The average Bonchev–Trinajstić information content (AvgIpc) is 3.74. The van der Waals surface area contributed by atoms with Crippen molar-refractivity contribution in [2.45, 2.75) is 36.8 Å². The molecule has 2 aromatic carbocycles. The Hall–Kier alpha value is -5.00. The van der Waals surface area contributed by atoms with Crippen LogP contribution in [0.15, 0.2) is 91.4 Å². The predicted molar refractivity (Wildman–Crippen MR) is 184 cm³/mol. The lowest BCUT2D eigenvalue weighted by molar-refractivity contribution is -0.139. The Kier molecular flexibility index (Phi) is 8.26.